The predicted octanol–water partition coefficient (Wildman–Crippen LogP) is 2.24. The Morgan fingerprint density at radius 1 is 1.39 bits per heavy atom. The molecule has 0 radical (unpaired) electrons. The molecule has 1 rings (SSSR count). The fraction of sp³-hybridized carbons (Fsp3) is 0.500. The second-order valence-corrected chi connectivity index (χ2v) is 5.21. The van der Waals surface area contributed by atoms with E-state index in [1.807, 2.05) is 24.3 Å². The molecular formula is C14H22N2O2. The van der Waals surface area contributed by atoms with Crippen molar-refractivity contribution in [2.75, 3.05) is 5.32 Å². The highest BCUT2D eigenvalue weighted by Crippen LogP contribution is 2.18. The number of carbonyl (C=O) groups is 1. The summed E-state index contributed by atoms with van der Waals surface area (Å²) in [7, 11) is 0. The van der Waals surface area contributed by atoms with Crippen molar-refractivity contribution in [2.45, 2.75) is 45.2 Å². The van der Waals surface area contributed by atoms with E-state index in [1.54, 1.807) is 0 Å². The van der Waals surface area contributed by atoms with E-state index in [2.05, 4.69) is 26.1 Å². The van der Waals surface area contributed by atoms with Gasteiger partial charge in [0.2, 0.25) is 0 Å². The van der Waals surface area contributed by atoms with Crippen LogP contribution in [-0.2, 0) is 11.2 Å². The summed E-state index contributed by atoms with van der Waals surface area (Å²) in [5.41, 5.74) is 7.52. The fourth-order valence-corrected chi connectivity index (χ4v) is 1.54. The highest BCUT2D eigenvalue weighted by Gasteiger charge is 2.15. The van der Waals surface area contributed by atoms with Gasteiger partial charge in [0.25, 0.3) is 0 Å². The van der Waals surface area contributed by atoms with Gasteiger partial charge in [0, 0.05) is 11.2 Å². The van der Waals surface area contributed by atoms with Crippen molar-refractivity contribution in [3.05, 3.63) is 29.8 Å². The van der Waals surface area contributed by atoms with Crippen LogP contribution in [0.5, 0.6) is 0 Å². The van der Waals surface area contributed by atoms with E-state index in [0.717, 1.165) is 17.7 Å². The minimum absolute atomic E-state index is 0.0545. The molecule has 100 valence electrons. The molecule has 0 bridgehead atoms. The molecule has 1 aromatic rings. The topological polar surface area (TPSA) is 75.3 Å². The SMILES string of the molecule is CCC(C)(C)Nc1ccc(CC(N)C(=O)O)cc1. The third kappa shape index (κ3) is 4.37. The van der Waals surface area contributed by atoms with Gasteiger partial charge in [-0.25, -0.2) is 0 Å². The van der Waals surface area contributed by atoms with E-state index in [1.165, 1.54) is 0 Å². The Morgan fingerprint density at radius 3 is 2.39 bits per heavy atom. The Morgan fingerprint density at radius 2 is 1.94 bits per heavy atom. The highest BCUT2D eigenvalue weighted by atomic mass is 16.4. The van der Waals surface area contributed by atoms with Crippen molar-refractivity contribution in [1.29, 1.82) is 0 Å². The molecule has 0 aliphatic carbocycles. The van der Waals surface area contributed by atoms with Crippen LogP contribution in [0, 0.1) is 0 Å². The Balaban J connectivity index is 2.66. The summed E-state index contributed by atoms with van der Waals surface area (Å²) in [4.78, 5) is 10.7. The average Bonchev–Trinajstić information content (AvgIpc) is 2.31. The van der Waals surface area contributed by atoms with Gasteiger partial charge in [-0.05, 0) is 44.4 Å². The molecule has 0 aliphatic heterocycles. The van der Waals surface area contributed by atoms with Crippen molar-refractivity contribution in [2.24, 2.45) is 5.73 Å². The van der Waals surface area contributed by atoms with Gasteiger partial charge in [-0.15, -0.1) is 0 Å². The molecule has 0 heterocycles. The van der Waals surface area contributed by atoms with E-state index in [-0.39, 0.29) is 5.54 Å². The normalized spacial score (nSPS) is 13.1. The minimum atomic E-state index is -0.968. The molecule has 1 atom stereocenters. The van der Waals surface area contributed by atoms with Crippen molar-refractivity contribution in [3.8, 4) is 0 Å². The van der Waals surface area contributed by atoms with Crippen LogP contribution in [0.25, 0.3) is 0 Å². The fourth-order valence-electron chi connectivity index (χ4n) is 1.54. The van der Waals surface area contributed by atoms with Crippen LogP contribution in [0.3, 0.4) is 0 Å². The van der Waals surface area contributed by atoms with E-state index in [4.69, 9.17) is 10.8 Å². The average molecular weight is 250 g/mol. The van der Waals surface area contributed by atoms with Gasteiger partial charge in [0.1, 0.15) is 6.04 Å². The van der Waals surface area contributed by atoms with Gasteiger partial charge in [0.15, 0.2) is 0 Å². The highest BCUT2D eigenvalue weighted by molar-refractivity contribution is 5.73. The first-order valence-corrected chi connectivity index (χ1v) is 6.19. The molecule has 4 nitrogen and oxygen atoms in total. The molecule has 4 N–H and O–H groups in total. The molecule has 0 aromatic heterocycles. The predicted molar refractivity (Wildman–Crippen MR) is 73.7 cm³/mol. The standard InChI is InChI=1S/C14H22N2O2/c1-4-14(2,3)16-11-7-5-10(6-8-11)9-12(15)13(17)18/h5-8,12,16H,4,9,15H2,1-3H3,(H,17,18). The number of hydrogen-bond acceptors (Lipinski definition) is 3. The summed E-state index contributed by atoms with van der Waals surface area (Å²) >= 11 is 0. The van der Waals surface area contributed by atoms with Crippen LogP contribution < -0.4 is 11.1 Å². The maximum absolute atomic E-state index is 10.7. The molecule has 0 fully saturated rings. The summed E-state index contributed by atoms with van der Waals surface area (Å²) in [5.74, 6) is -0.968. The first-order valence-electron chi connectivity index (χ1n) is 6.19. The lowest BCUT2D eigenvalue weighted by molar-refractivity contribution is -0.138. The van der Waals surface area contributed by atoms with E-state index < -0.39 is 12.0 Å². The lowest BCUT2D eigenvalue weighted by atomic mass is 10.0. The molecule has 1 aromatic carbocycles. The van der Waals surface area contributed by atoms with Crippen LogP contribution in [0.1, 0.15) is 32.8 Å². The summed E-state index contributed by atoms with van der Waals surface area (Å²) in [5, 5.41) is 12.2. The maximum atomic E-state index is 10.7. The van der Waals surface area contributed by atoms with Crippen molar-refractivity contribution >= 4 is 11.7 Å². The molecule has 0 saturated carbocycles. The molecule has 18 heavy (non-hydrogen) atoms. The first kappa shape index (κ1) is 14.5. The number of rotatable bonds is 6. The quantitative estimate of drug-likeness (QED) is 0.723. The first-order chi connectivity index (χ1) is 8.34. The summed E-state index contributed by atoms with van der Waals surface area (Å²) in [6.45, 7) is 6.41. The number of carboxylic acids is 1. The monoisotopic (exact) mass is 250 g/mol. The van der Waals surface area contributed by atoms with E-state index in [0.29, 0.717) is 6.42 Å². The lowest BCUT2D eigenvalue weighted by Gasteiger charge is -2.26. The van der Waals surface area contributed by atoms with Gasteiger partial charge in [0.05, 0.1) is 0 Å². The number of nitrogens with two attached hydrogens (primary N) is 1. The third-order valence-electron chi connectivity index (χ3n) is 3.09. The van der Waals surface area contributed by atoms with Crippen LogP contribution in [0.15, 0.2) is 24.3 Å². The summed E-state index contributed by atoms with van der Waals surface area (Å²) in [6, 6.07) is 6.91. The molecule has 0 saturated heterocycles. The number of carboxylic acid groups (broad SMARTS) is 1. The number of anilines is 1. The number of nitrogens with one attached hydrogen (secondary N) is 1. The van der Waals surface area contributed by atoms with Gasteiger partial charge >= 0.3 is 5.97 Å². The number of benzene rings is 1. The second-order valence-electron chi connectivity index (χ2n) is 5.21. The molecule has 1 unspecified atom stereocenters. The van der Waals surface area contributed by atoms with Crippen LogP contribution in [0.2, 0.25) is 0 Å². The van der Waals surface area contributed by atoms with Crippen molar-refractivity contribution in [3.63, 3.8) is 0 Å². The summed E-state index contributed by atoms with van der Waals surface area (Å²) in [6.07, 6.45) is 1.38. The third-order valence-corrected chi connectivity index (χ3v) is 3.09. The van der Waals surface area contributed by atoms with Crippen LogP contribution in [0.4, 0.5) is 5.69 Å². The minimum Gasteiger partial charge on any atom is -0.480 e. The number of hydrogen-bond donors (Lipinski definition) is 3. The van der Waals surface area contributed by atoms with Crippen LogP contribution >= 0.6 is 0 Å². The largest absolute Gasteiger partial charge is 0.480 e. The van der Waals surface area contributed by atoms with E-state index >= 15 is 0 Å². The smallest absolute Gasteiger partial charge is 0.320 e. The molecule has 0 aliphatic rings. The van der Waals surface area contributed by atoms with Crippen molar-refractivity contribution in [1.82, 2.24) is 0 Å². The zero-order valence-corrected chi connectivity index (χ0v) is 11.2. The van der Waals surface area contributed by atoms with Gasteiger partial charge in [-0.3, -0.25) is 4.79 Å². The number of aliphatic carboxylic acids is 1. The van der Waals surface area contributed by atoms with Gasteiger partial charge in [-0.1, -0.05) is 19.1 Å². The zero-order valence-electron chi connectivity index (χ0n) is 11.2. The Kier molecular flexibility index (Phi) is 4.73. The Hall–Kier alpha value is -1.55. The Bertz CT molecular complexity index is 399. The summed E-state index contributed by atoms with van der Waals surface area (Å²) < 4.78 is 0. The second kappa shape index (κ2) is 5.87. The van der Waals surface area contributed by atoms with Crippen molar-refractivity contribution < 1.29 is 9.90 Å². The molecule has 0 amide bonds. The van der Waals surface area contributed by atoms with Crippen LogP contribution in [-0.4, -0.2) is 22.7 Å². The molecule has 0 spiro atoms. The Labute approximate surface area is 108 Å². The maximum Gasteiger partial charge on any atom is 0.320 e. The van der Waals surface area contributed by atoms with Gasteiger partial charge in [-0.2, -0.15) is 0 Å². The molecular weight excluding hydrogens is 228 g/mol. The zero-order chi connectivity index (χ0) is 13.8. The van der Waals surface area contributed by atoms with E-state index in [9.17, 15) is 4.79 Å². The molecule has 4 heteroatoms. The van der Waals surface area contributed by atoms with Gasteiger partial charge < -0.3 is 16.2 Å². The lowest BCUT2D eigenvalue weighted by Crippen LogP contribution is -2.32.